The third-order valence-corrected chi connectivity index (χ3v) is 3.71. The highest BCUT2D eigenvalue weighted by molar-refractivity contribution is 5.98. The largest absolute Gasteiger partial charge is 0.439 e. The van der Waals surface area contributed by atoms with Crippen LogP contribution >= 0.6 is 0 Å². The van der Waals surface area contributed by atoms with Gasteiger partial charge in [0.2, 0.25) is 5.91 Å². The molecule has 2 saturated heterocycles. The van der Waals surface area contributed by atoms with Crippen LogP contribution in [0.2, 0.25) is 0 Å². The fourth-order valence-electron chi connectivity index (χ4n) is 2.58. The number of likely N-dealkylation sites (tertiary alicyclic amines) is 1. The van der Waals surface area contributed by atoms with E-state index in [9.17, 15) is 14.4 Å². The highest BCUT2D eigenvalue weighted by Crippen LogP contribution is 2.21. The molecule has 3 amide bonds. The number of nitrogens with zero attached hydrogens (tertiary/aromatic N) is 2. The number of ether oxygens (including phenoxy) is 1. The lowest BCUT2D eigenvalue weighted by atomic mass is 10.0. The Labute approximate surface area is 112 Å². The third-order valence-electron chi connectivity index (χ3n) is 3.71. The number of hydrogen-bond donors (Lipinski definition) is 0. The minimum absolute atomic E-state index is 0.113. The van der Waals surface area contributed by atoms with Crippen molar-refractivity contribution in [2.75, 3.05) is 19.7 Å². The monoisotopic (exact) mass is 268 g/mol. The summed E-state index contributed by atoms with van der Waals surface area (Å²) in [5.74, 6) is -0.0867. The zero-order valence-corrected chi connectivity index (χ0v) is 11.3. The van der Waals surface area contributed by atoms with Crippen molar-refractivity contribution in [2.24, 2.45) is 0 Å². The van der Waals surface area contributed by atoms with Gasteiger partial charge in [-0.3, -0.25) is 9.59 Å². The third kappa shape index (κ3) is 3.05. The smallest absolute Gasteiger partial charge is 0.417 e. The Bertz CT molecular complexity index is 359. The van der Waals surface area contributed by atoms with E-state index in [1.165, 1.54) is 4.90 Å². The van der Waals surface area contributed by atoms with Crippen LogP contribution in [0.5, 0.6) is 0 Å². The summed E-state index contributed by atoms with van der Waals surface area (Å²) in [4.78, 5) is 37.9. The molecule has 2 fully saturated rings. The van der Waals surface area contributed by atoms with Crippen molar-refractivity contribution in [2.45, 2.75) is 45.1 Å². The zero-order chi connectivity index (χ0) is 13.8. The number of carbonyl (C=O) groups is 3. The maximum Gasteiger partial charge on any atom is 0.417 e. The first-order valence-corrected chi connectivity index (χ1v) is 6.90. The molecule has 2 heterocycles. The topological polar surface area (TPSA) is 66.9 Å². The van der Waals surface area contributed by atoms with Crippen LogP contribution in [0.4, 0.5) is 4.79 Å². The summed E-state index contributed by atoms with van der Waals surface area (Å²) >= 11 is 0. The Morgan fingerprint density at radius 3 is 2.53 bits per heavy atom. The molecule has 0 unspecified atom stereocenters. The Balaban J connectivity index is 1.84. The maximum atomic E-state index is 11.9. The number of unbranched alkanes of at least 4 members (excludes halogenated alkanes) is 1. The normalized spacial score (nSPS) is 20.9. The molecule has 6 heteroatoms. The molecule has 0 aromatic heterocycles. The van der Waals surface area contributed by atoms with Gasteiger partial charge in [-0.1, -0.05) is 13.3 Å². The molecule has 0 aromatic carbocycles. The van der Waals surface area contributed by atoms with Crippen LogP contribution in [-0.4, -0.2) is 53.4 Å². The van der Waals surface area contributed by atoms with Crippen LogP contribution in [0, 0.1) is 0 Å². The maximum absolute atomic E-state index is 11.9. The van der Waals surface area contributed by atoms with Crippen LogP contribution < -0.4 is 0 Å². The van der Waals surface area contributed by atoms with Crippen LogP contribution in [0.1, 0.15) is 39.0 Å². The van der Waals surface area contributed by atoms with Gasteiger partial charge in [0.15, 0.2) is 6.61 Å². The fraction of sp³-hybridized carbons (Fsp3) is 0.769. The molecule has 0 spiro atoms. The second-order valence-electron chi connectivity index (χ2n) is 5.03. The van der Waals surface area contributed by atoms with Crippen molar-refractivity contribution in [3.05, 3.63) is 0 Å². The molecule has 2 aliphatic heterocycles. The number of cyclic esters (lactones) is 1. The van der Waals surface area contributed by atoms with Crippen LogP contribution in [-0.2, 0) is 14.3 Å². The van der Waals surface area contributed by atoms with E-state index in [0.717, 1.165) is 12.8 Å². The number of imide groups is 1. The summed E-state index contributed by atoms with van der Waals surface area (Å²) in [5.41, 5.74) is 0. The van der Waals surface area contributed by atoms with Gasteiger partial charge >= 0.3 is 6.09 Å². The number of carbonyl (C=O) groups excluding carboxylic acids is 3. The Morgan fingerprint density at radius 2 is 2.00 bits per heavy atom. The summed E-state index contributed by atoms with van der Waals surface area (Å²) in [5, 5.41) is 0. The summed E-state index contributed by atoms with van der Waals surface area (Å²) in [7, 11) is 0. The molecule has 0 saturated carbocycles. The summed E-state index contributed by atoms with van der Waals surface area (Å²) in [6.07, 6.45) is 3.27. The van der Waals surface area contributed by atoms with E-state index in [1.54, 1.807) is 0 Å². The van der Waals surface area contributed by atoms with Gasteiger partial charge in [0, 0.05) is 25.6 Å². The number of rotatable bonds is 4. The SMILES string of the molecule is CCCCC(=O)N1CCC(N2C(=O)COC2=O)CC1. The first kappa shape index (κ1) is 13.8. The molecule has 0 atom stereocenters. The lowest BCUT2D eigenvalue weighted by Gasteiger charge is -2.34. The molecule has 2 rings (SSSR count). The van der Waals surface area contributed by atoms with Crippen molar-refractivity contribution >= 4 is 17.9 Å². The molecule has 19 heavy (non-hydrogen) atoms. The number of piperidine rings is 1. The highest BCUT2D eigenvalue weighted by atomic mass is 16.6. The Hall–Kier alpha value is -1.59. The van der Waals surface area contributed by atoms with Gasteiger partial charge in [-0.05, 0) is 19.3 Å². The molecular formula is C13H20N2O4. The number of hydrogen-bond acceptors (Lipinski definition) is 4. The van der Waals surface area contributed by atoms with E-state index in [-0.39, 0.29) is 24.5 Å². The van der Waals surface area contributed by atoms with E-state index in [0.29, 0.717) is 32.4 Å². The molecule has 6 nitrogen and oxygen atoms in total. The van der Waals surface area contributed by atoms with Crippen molar-refractivity contribution < 1.29 is 19.1 Å². The van der Waals surface area contributed by atoms with Gasteiger partial charge in [0.1, 0.15) is 0 Å². The van der Waals surface area contributed by atoms with Crippen LogP contribution in [0.25, 0.3) is 0 Å². The molecule has 106 valence electrons. The van der Waals surface area contributed by atoms with Gasteiger partial charge in [-0.2, -0.15) is 0 Å². The van der Waals surface area contributed by atoms with E-state index in [4.69, 9.17) is 4.74 Å². The molecule has 2 aliphatic rings. The van der Waals surface area contributed by atoms with Crippen molar-refractivity contribution in [3.8, 4) is 0 Å². The van der Waals surface area contributed by atoms with Gasteiger partial charge in [-0.15, -0.1) is 0 Å². The molecule has 0 bridgehead atoms. The molecule has 0 N–H and O–H groups in total. The quantitative estimate of drug-likeness (QED) is 0.767. The summed E-state index contributed by atoms with van der Waals surface area (Å²) in [6, 6.07) is -0.113. The predicted molar refractivity (Wildman–Crippen MR) is 67.3 cm³/mol. The first-order chi connectivity index (χ1) is 9.13. The van der Waals surface area contributed by atoms with E-state index in [2.05, 4.69) is 6.92 Å². The van der Waals surface area contributed by atoms with Crippen LogP contribution in [0.15, 0.2) is 0 Å². The second kappa shape index (κ2) is 6.04. The lowest BCUT2D eigenvalue weighted by molar-refractivity contribution is -0.133. The van der Waals surface area contributed by atoms with Gasteiger partial charge in [0.25, 0.3) is 5.91 Å². The van der Waals surface area contributed by atoms with Gasteiger partial charge < -0.3 is 9.64 Å². The Morgan fingerprint density at radius 1 is 1.32 bits per heavy atom. The van der Waals surface area contributed by atoms with Crippen molar-refractivity contribution in [3.63, 3.8) is 0 Å². The first-order valence-electron chi connectivity index (χ1n) is 6.90. The molecule has 0 aromatic rings. The number of amides is 3. The molecule has 0 radical (unpaired) electrons. The average molecular weight is 268 g/mol. The lowest BCUT2D eigenvalue weighted by Crippen LogP contribution is -2.48. The van der Waals surface area contributed by atoms with Crippen molar-refractivity contribution in [1.29, 1.82) is 0 Å². The Kier molecular flexibility index (Phi) is 4.39. The standard InChI is InChI=1S/C13H20N2O4/c1-2-3-4-11(16)14-7-5-10(6-8-14)15-12(17)9-19-13(15)18/h10H,2-9H2,1H3. The van der Waals surface area contributed by atoms with Gasteiger partial charge in [0.05, 0.1) is 0 Å². The molecular weight excluding hydrogens is 248 g/mol. The van der Waals surface area contributed by atoms with Crippen molar-refractivity contribution in [1.82, 2.24) is 9.80 Å². The minimum atomic E-state index is -0.541. The predicted octanol–water partition coefficient (Wildman–Crippen LogP) is 1.15. The van der Waals surface area contributed by atoms with Crippen LogP contribution in [0.3, 0.4) is 0 Å². The van der Waals surface area contributed by atoms with E-state index >= 15 is 0 Å². The summed E-state index contributed by atoms with van der Waals surface area (Å²) in [6.45, 7) is 3.15. The summed E-state index contributed by atoms with van der Waals surface area (Å²) < 4.78 is 4.72. The van der Waals surface area contributed by atoms with E-state index in [1.807, 2.05) is 4.90 Å². The fourth-order valence-corrected chi connectivity index (χ4v) is 2.58. The van der Waals surface area contributed by atoms with E-state index < -0.39 is 6.09 Å². The minimum Gasteiger partial charge on any atom is -0.439 e. The van der Waals surface area contributed by atoms with Gasteiger partial charge in [-0.25, -0.2) is 9.69 Å². The average Bonchev–Trinajstić information content (AvgIpc) is 2.76. The zero-order valence-electron chi connectivity index (χ0n) is 11.3. The molecule has 0 aliphatic carbocycles. The highest BCUT2D eigenvalue weighted by Gasteiger charge is 2.38. The second-order valence-corrected chi connectivity index (χ2v) is 5.03.